The Kier molecular flexibility index (Phi) is 8.06. The molecule has 0 radical (unpaired) electrons. The van der Waals surface area contributed by atoms with Gasteiger partial charge < -0.3 is 0 Å². The van der Waals surface area contributed by atoms with Crippen LogP contribution >= 0.6 is 9.24 Å². The Balaban J connectivity index is 3.22. The Hall–Kier alpha value is 0.430. The second-order valence-corrected chi connectivity index (χ2v) is 6.01. The molecule has 1 heteroatoms. The third-order valence-corrected chi connectivity index (χ3v) is 2.99. The Bertz CT molecular complexity index is 108. The van der Waals surface area contributed by atoms with Gasteiger partial charge in [-0.05, 0) is 30.3 Å². The summed E-state index contributed by atoms with van der Waals surface area (Å²) < 4.78 is 0. The maximum absolute atomic E-state index is 3.00. The lowest BCUT2D eigenvalue weighted by Crippen LogP contribution is -2.02. The fourth-order valence-corrected chi connectivity index (χ4v) is 2.46. The topological polar surface area (TPSA) is 0 Å². The monoisotopic (exact) mass is 202 g/mol. The molecule has 0 amide bonds. The van der Waals surface area contributed by atoms with Crippen molar-refractivity contribution >= 4 is 9.24 Å². The van der Waals surface area contributed by atoms with Crippen LogP contribution in [0.1, 0.15) is 59.8 Å². The van der Waals surface area contributed by atoms with Crippen LogP contribution in [0.25, 0.3) is 0 Å². The molecule has 13 heavy (non-hydrogen) atoms. The van der Waals surface area contributed by atoms with E-state index in [0.29, 0.717) is 0 Å². The maximum Gasteiger partial charge on any atom is -0.0262 e. The first kappa shape index (κ1) is 13.4. The minimum atomic E-state index is 0.854. The van der Waals surface area contributed by atoms with Crippen molar-refractivity contribution in [1.82, 2.24) is 0 Å². The predicted molar refractivity (Wildman–Crippen MR) is 66.3 cm³/mol. The van der Waals surface area contributed by atoms with Crippen molar-refractivity contribution < 1.29 is 0 Å². The van der Waals surface area contributed by atoms with Gasteiger partial charge in [-0.2, -0.15) is 0 Å². The highest BCUT2D eigenvalue weighted by Crippen LogP contribution is 2.20. The largest absolute Gasteiger partial charge is 0.134 e. The summed E-state index contributed by atoms with van der Waals surface area (Å²) in [7, 11) is 3.00. The van der Waals surface area contributed by atoms with E-state index < -0.39 is 0 Å². The van der Waals surface area contributed by atoms with E-state index in [4.69, 9.17) is 0 Å². The fraction of sp³-hybridized carbons (Fsp3) is 1.00. The van der Waals surface area contributed by atoms with Crippen molar-refractivity contribution in [2.45, 2.75) is 65.5 Å². The van der Waals surface area contributed by atoms with Crippen LogP contribution in [-0.4, -0.2) is 5.66 Å². The van der Waals surface area contributed by atoms with Crippen LogP contribution in [0.5, 0.6) is 0 Å². The summed E-state index contributed by atoms with van der Waals surface area (Å²) >= 11 is 0. The second-order valence-electron chi connectivity index (χ2n) is 5.07. The van der Waals surface area contributed by atoms with Gasteiger partial charge in [-0.1, -0.05) is 47.0 Å². The predicted octanol–water partition coefficient (Wildman–Crippen LogP) is 4.49. The molecule has 80 valence electrons. The van der Waals surface area contributed by atoms with E-state index in [1.165, 1.54) is 32.1 Å². The van der Waals surface area contributed by atoms with E-state index in [-0.39, 0.29) is 0 Å². The quantitative estimate of drug-likeness (QED) is 0.421. The lowest BCUT2D eigenvalue weighted by Gasteiger charge is -2.13. The molecule has 0 nitrogen and oxygen atoms in total. The molecule has 0 aromatic rings. The maximum atomic E-state index is 3.00. The minimum absolute atomic E-state index is 0.854. The second kappa shape index (κ2) is 7.80. The first-order chi connectivity index (χ1) is 6.02. The van der Waals surface area contributed by atoms with Gasteiger partial charge in [-0.15, -0.1) is 9.24 Å². The van der Waals surface area contributed by atoms with Gasteiger partial charge in [0.05, 0.1) is 0 Å². The first-order valence-electron chi connectivity index (χ1n) is 5.78. The van der Waals surface area contributed by atoms with Gasteiger partial charge in [0.1, 0.15) is 0 Å². The average molecular weight is 202 g/mol. The molecule has 0 aromatic heterocycles. The van der Waals surface area contributed by atoms with Crippen molar-refractivity contribution in [3.8, 4) is 0 Å². The van der Waals surface area contributed by atoms with Crippen molar-refractivity contribution in [3.05, 3.63) is 0 Å². The van der Waals surface area contributed by atoms with Crippen LogP contribution in [-0.2, 0) is 0 Å². The van der Waals surface area contributed by atoms with Crippen LogP contribution in [0.4, 0.5) is 0 Å². The van der Waals surface area contributed by atoms with Gasteiger partial charge in [-0.25, -0.2) is 0 Å². The smallest absolute Gasteiger partial charge is 0.0262 e. The van der Waals surface area contributed by atoms with Crippen LogP contribution in [0.3, 0.4) is 0 Å². The zero-order chi connectivity index (χ0) is 10.3. The van der Waals surface area contributed by atoms with E-state index in [0.717, 1.165) is 17.5 Å². The summed E-state index contributed by atoms with van der Waals surface area (Å²) in [5.41, 5.74) is 0.854. The third kappa shape index (κ3) is 10.4. The van der Waals surface area contributed by atoms with E-state index in [1.807, 2.05) is 0 Å². The van der Waals surface area contributed by atoms with Crippen LogP contribution in [0, 0.1) is 11.8 Å². The SMILES string of the molecule is CC(C)CCCCC(P)CC(C)C. The zero-order valence-corrected chi connectivity index (χ0v) is 11.0. The van der Waals surface area contributed by atoms with Crippen molar-refractivity contribution in [2.75, 3.05) is 0 Å². The average Bonchev–Trinajstić information content (AvgIpc) is 1.96. The lowest BCUT2D eigenvalue weighted by atomic mass is 10.0. The summed E-state index contributed by atoms with van der Waals surface area (Å²) in [6.45, 7) is 9.24. The van der Waals surface area contributed by atoms with Crippen LogP contribution in [0.2, 0.25) is 0 Å². The van der Waals surface area contributed by atoms with Gasteiger partial charge in [0, 0.05) is 0 Å². The highest BCUT2D eigenvalue weighted by Gasteiger charge is 2.04. The molecule has 0 aliphatic rings. The molecule has 0 aliphatic carbocycles. The van der Waals surface area contributed by atoms with Crippen molar-refractivity contribution in [1.29, 1.82) is 0 Å². The summed E-state index contributed by atoms with van der Waals surface area (Å²) in [4.78, 5) is 0. The first-order valence-corrected chi connectivity index (χ1v) is 6.44. The number of rotatable bonds is 7. The highest BCUT2D eigenvalue weighted by molar-refractivity contribution is 7.17. The molecule has 0 fully saturated rings. The fourth-order valence-electron chi connectivity index (χ4n) is 1.68. The molecule has 0 heterocycles. The van der Waals surface area contributed by atoms with Crippen molar-refractivity contribution in [2.24, 2.45) is 11.8 Å². The molecule has 0 saturated carbocycles. The minimum Gasteiger partial charge on any atom is -0.134 e. The third-order valence-electron chi connectivity index (χ3n) is 2.38. The van der Waals surface area contributed by atoms with Crippen LogP contribution < -0.4 is 0 Å². The Morgan fingerprint density at radius 3 is 1.85 bits per heavy atom. The van der Waals surface area contributed by atoms with Gasteiger partial charge in [0.2, 0.25) is 0 Å². The van der Waals surface area contributed by atoms with Crippen molar-refractivity contribution in [3.63, 3.8) is 0 Å². The molecule has 2 unspecified atom stereocenters. The molecule has 0 aliphatic heterocycles. The molecular formula is C12H27P. The molecule has 0 bridgehead atoms. The van der Waals surface area contributed by atoms with Gasteiger partial charge in [-0.3, -0.25) is 0 Å². The molecule has 0 saturated heterocycles. The Labute approximate surface area is 87.1 Å². The molecular weight excluding hydrogens is 175 g/mol. The normalized spacial score (nSPS) is 14.1. The number of hydrogen-bond donors (Lipinski definition) is 0. The van der Waals surface area contributed by atoms with Crippen LogP contribution in [0.15, 0.2) is 0 Å². The standard InChI is InChI=1S/C12H27P/c1-10(2)7-5-6-8-12(13)9-11(3)4/h10-12H,5-9,13H2,1-4H3. The molecule has 0 spiro atoms. The van der Waals surface area contributed by atoms with E-state index in [9.17, 15) is 0 Å². The zero-order valence-electron chi connectivity index (χ0n) is 9.84. The Morgan fingerprint density at radius 2 is 1.38 bits per heavy atom. The Morgan fingerprint density at radius 1 is 0.846 bits per heavy atom. The molecule has 2 atom stereocenters. The summed E-state index contributed by atoms with van der Waals surface area (Å²) in [5.74, 6) is 1.74. The van der Waals surface area contributed by atoms with Gasteiger partial charge >= 0.3 is 0 Å². The van der Waals surface area contributed by atoms with E-state index >= 15 is 0 Å². The number of unbranched alkanes of at least 4 members (excludes halogenated alkanes) is 1. The molecule has 0 N–H and O–H groups in total. The van der Waals surface area contributed by atoms with E-state index in [1.54, 1.807) is 0 Å². The summed E-state index contributed by atoms with van der Waals surface area (Å²) in [5, 5.41) is 0. The van der Waals surface area contributed by atoms with Gasteiger partial charge in [0.25, 0.3) is 0 Å². The summed E-state index contributed by atoms with van der Waals surface area (Å²) in [6.07, 6.45) is 7.00. The number of hydrogen-bond acceptors (Lipinski definition) is 0. The van der Waals surface area contributed by atoms with E-state index in [2.05, 4.69) is 36.9 Å². The highest BCUT2D eigenvalue weighted by atomic mass is 31.0. The summed E-state index contributed by atoms with van der Waals surface area (Å²) in [6, 6.07) is 0. The molecule has 0 aromatic carbocycles. The lowest BCUT2D eigenvalue weighted by molar-refractivity contribution is 0.495. The van der Waals surface area contributed by atoms with Gasteiger partial charge in [0.15, 0.2) is 0 Å². The molecule has 0 rings (SSSR count).